The predicted molar refractivity (Wildman–Crippen MR) is 42.9 cm³/mol. The molecule has 0 amide bonds. The van der Waals surface area contributed by atoms with Gasteiger partial charge in [-0.25, -0.2) is 0 Å². The molecule has 0 saturated heterocycles. The fourth-order valence-corrected chi connectivity index (χ4v) is 2.33. The second kappa shape index (κ2) is 2.27. The Kier molecular flexibility index (Phi) is 1.42. The molecule has 0 aromatic rings. The van der Waals surface area contributed by atoms with Crippen LogP contribution in [0.4, 0.5) is 0 Å². The fourth-order valence-electron chi connectivity index (χ4n) is 1.27. The normalized spacial score (nSPS) is 23.8. The number of carbonyl (C=O) groups excluding carboxylic acids is 1. The molecule has 2 aliphatic rings. The first-order valence-electron chi connectivity index (χ1n) is 3.43. The average Bonchev–Trinajstić information content (AvgIpc) is 2.34. The Morgan fingerprint density at radius 2 is 2.40 bits per heavy atom. The van der Waals surface area contributed by atoms with Crippen molar-refractivity contribution in [2.75, 3.05) is 5.75 Å². The van der Waals surface area contributed by atoms with E-state index in [1.54, 1.807) is 11.8 Å². The van der Waals surface area contributed by atoms with Gasteiger partial charge < -0.3 is 0 Å². The molecule has 52 valence electrons. The van der Waals surface area contributed by atoms with Crippen LogP contribution in [0, 0.1) is 0 Å². The minimum absolute atomic E-state index is 0.316. The van der Waals surface area contributed by atoms with E-state index in [0.717, 1.165) is 18.4 Å². The van der Waals surface area contributed by atoms with E-state index in [9.17, 15) is 4.79 Å². The number of carbonyl (C=O) groups is 1. The summed E-state index contributed by atoms with van der Waals surface area (Å²) in [6.07, 6.45) is 6.26. The Bertz CT molecular complexity index is 234. The first kappa shape index (κ1) is 6.23. The molecule has 1 nitrogen and oxygen atoms in total. The van der Waals surface area contributed by atoms with Gasteiger partial charge in [0.2, 0.25) is 0 Å². The minimum Gasteiger partial charge on any atom is -0.293 e. The van der Waals surface area contributed by atoms with E-state index in [2.05, 4.69) is 6.08 Å². The van der Waals surface area contributed by atoms with Gasteiger partial charge >= 0.3 is 0 Å². The highest BCUT2D eigenvalue weighted by atomic mass is 32.2. The van der Waals surface area contributed by atoms with Gasteiger partial charge in [-0.15, -0.1) is 11.8 Å². The zero-order valence-corrected chi connectivity index (χ0v) is 6.41. The molecule has 0 aromatic carbocycles. The van der Waals surface area contributed by atoms with Gasteiger partial charge in [0.15, 0.2) is 5.78 Å². The van der Waals surface area contributed by atoms with E-state index in [-0.39, 0.29) is 0 Å². The molecule has 0 fully saturated rings. The highest BCUT2D eigenvalue weighted by Crippen LogP contribution is 2.35. The Balaban J connectivity index is 2.38. The third-order valence-corrected chi connectivity index (χ3v) is 2.98. The van der Waals surface area contributed by atoms with Crippen molar-refractivity contribution < 1.29 is 4.79 Å². The molecule has 0 spiro atoms. The monoisotopic (exact) mass is 152 g/mol. The van der Waals surface area contributed by atoms with Crippen molar-refractivity contribution in [3.63, 3.8) is 0 Å². The van der Waals surface area contributed by atoms with E-state index in [4.69, 9.17) is 0 Å². The number of thioether (sulfide) groups is 1. The van der Waals surface area contributed by atoms with Crippen molar-refractivity contribution in [2.45, 2.75) is 12.8 Å². The summed E-state index contributed by atoms with van der Waals surface area (Å²) in [6, 6.07) is 0. The lowest BCUT2D eigenvalue weighted by molar-refractivity contribution is -0.112. The number of rotatable bonds is 0. The minimum atomic E-state index is 0.316. The lowest BCUT2D eigenvalue weighted by Gasteiger charge is -2.03. The standard InChI is InChI=1S/C8H8OS/c9-7-5-10-8-4-2-1-3-6(7)8/h1,3H,2,4-5H2. The Morgan fingerprint density at radius 3 is 3.20 bits per heavy atom. The van der Waals surface area contributed by atoms with Crippen molar-refractivity contribution in [1.29, 1.82) is 0 Å². The van der Waals surface area contributed by atoms with Crippen LogP contribution in [-0.4, -0.2) is 11.5 Å². The smallest absolute Gasteiger partial charge is 0.173 e. The first-order chi connectivity index (χ1) is 4.88. The molecule has 10 heavy (non-hydrogen) atoms. The molecule has 0 unspecified atom stereocenters. The van der Waals surface area contributed by atoms with Gasteiger partial charge in [0.05, 0.1) is 5.75 Å². The maximum absolute atomic E-state index is 11.1. The van der Waals surface area contributed by atoms with Crippen LogP contribution in [-0.2, 0) is 4.79 Å². The molecule has 1 aliphatic carbocycles. The number of Topliss-reactive ketones (excluding diaryl/α,β-unsaturated/α-hetero) is 1. The second-order valence-electron chi connectivity index (χ2n) is 2.49. The fraction of sp³-hybridized carbons (Fsp3) is 0.375. The van der Waals surface area contributed by atoms with E-state index < -0.39 is 0 Å². The number of allylic oxidation sites excluding steroid dienone is 4. The lowest BCUT2D eigenvalue weighted by atomic mass is 10.0. The number of ketones is 1. The van der Waals surface area contributed by atoms with Crippen LogP contribution in [0.2, 0.25) is 0 Å². The summed E-state index contributed by atoms with van der Waals surface area (Å²) in [4.78, 5) is 12.4. The molecule has 0 N–H and O–H groups in total. The maximum atomic E-state index is 11.1. The SMILES string of the molecule is O=C1CSC2=C1C=CCC2. The molecule has 1 heterocycles. The van der Waals surface area contributed by atoms with Gasteiger partial charge in [-0.2, -0.15) is 0 Å². The van der Waals surface area contributed by atoms with Gasteiger partial charge in [0.1, 0.15) is 0 Å². The van der Waals surface area contributed by atoms with Crippen LogP contribution in [0.5, 0.6) is 0 Å². The summed E-state index contributed by atoms with van der Waals surface area (Å²) in [6.45, 7) is 0. The van der Waals surface area contributed by atoms with Crippen molar-refractivity contribution in [1.82, 2.24) is 0 Å². The van der Waals surface area contributed by atoms with E-state index in [1.807, 2.05) is 6.08 Å². The topological polar surface area (TPSA) is 17.1 Å². The van der Waals surface area contributed by atoms with Gasteiger partial charge in [-0.05, 0) is 17.7 Å². The summed E-state index contributed by atoms with van der Waals surface area (Å²) < 4.78 is 0. The van der Waals surface area contributed by atoms with E-state index >= 15 is 0 Å². The number of hydrogen-bond donors (Lipinski definition) is 0. The van der Waals surface area contributed by atoms with Crippen LogP contribution in [0.15, 0.2) is 22.6 Å². The molecule has 2 rings (SSSR count). The molecule has 0 atom stereocenters. The third-order valence-electron chi connectivity index (χ3n) is 1.80. The van der Waals surface area contributed by atoms with Gasteiger partial charge in [0.25, 0.3) is 0 Å². The van der Waals surface area contributed by atoms with Crippen molar-refractivity contribution in [3.05, 3.63) is 22.6 Å². The van der Waals surface area contributed by atoms with Gasteiger partial charge in [-0.1, -0.05) is 12.2 Å². The summed E-state index contributed by atoms with van der Waals surface area (Å²) in [5.41, 5.74) is 0.983. The van der Waals surface area contributed by atoms with Gasteiger partial charge in [0, 0.05) is 5.57 Å². The highest BCUT2D eigenvalue weighted by molar-refractivity contribution is 8.04. The second-order valence-corrected chi connectivity index (χ2v) is 3.56. The molecule has 0 bridgehead atoms. The van der Waals surface area contributed by atoms with Gasteiger partial charge in [-0.3, -0.25) is 4.79 Å². The summed E-state index contributed by atoms with van der Waals surface area (Å²) in [5.74, 6) is 0.991. The van der Waals surface area contributed by atoms with E-state index in [0.29, 0.717) is 11.5 Å². The zero-order valence-electron chi connectivity index (χ0n) is 5.59. The molecule has 0 aromatic heterocycles. The molecule has 1 aliphatic heterocycles. The van der Waals surface area contributed by atoms with E-state index in [1.165, 1.54) is 4.91 Å². The summed E-state index contributed by atoms with van der Waals surface area (Å²) in [7, 11) is 0. The van der Waals surface area contributed by atoms with Crippen LogP contribution >= 0.6 is 11.8 Å². The van der Waals surface area contributed by atoms with Crippen molar-refractivity contribution in [3.8, 4) is 0 Å². The summed E-state index contributed by atoms with van der Waals surface area (Å²) >= 11 is 1.71. The van der Waals surface area contributed by atoms with Crippen molar-refractivity contribution >= 4 is 17.5 Å². The largest absolute Gasteiger partial charge is 0.293 e. The Labute approximate surface area is 64.2 Å². The lowest BCUT2D eigenvalue weighted by Crippen LogP contribution is -1.98. The molecule has 2 heteroatoms. The molecular formula is C8H8OS. The molecular weight excluding hydrogens is 144 g/mol. The first-order valence-corrected chi connectivity index (χ1v) is 4.42. The predicted octanol–water partition coefficient (Wildman–Crippen LogP) is 1.91. The van der Waals surface area contributed by atoms with Crippen LogP contribution < -0.4 is 0 Å². The van der Waals surface area contributed by atoms with Crippen LogP contribution in [0.3, 0.4) is 0 Å². The zero-order chi connectivity index (χ0) is 6.97. The highest BCUT2D eigenvalue weighted by Gasteiger charge is 2.22. The Morgan fingerprint density at radius 1 is 1.50 bits per heavy atom. The van der Waals surface area contributed by atoms with Crippen LogP contribution in [0.1, 0.15) is 12.8 Å². The third kappa shape index (κ3) is 0.833. The summed E-state index contributed by atoms with van der Waals surface area (Å²) in [5, 5.41) is 0. The average molecular weight is 152 g/mol. The quantitative estimate of drug-likeness (QED) is 0.527. The molecule has 0 radical (unpaired) electrons. The molecule has 0 saturated carbocycles. The van der Waals surface area contributed by atoms with Crippen molar-refractivity contribution in [2.24, 2.45) is 0 Å². The maximum Gasteiger partial charge on any atom is 0.173 e. The Hall–Kier alpha value is -0.500. The van der Waals surface area contributed by atoms with Crippen LogP contribution in [0.25, 0.3) is 0 Å². The number of hydrogen-bond acceptors (Lipinski definition) is 2.